The minimum atomic E-state index is -0.785. The van der Waals surface area contributed by atoms with Crippen LogP contribution in [0.3, 0.4) is 0 Å². The van der Waals surface area contributed by atoms with Crippen LogP contribution in [0.4, 0.5) is 0 Å². The molecule has 0 aliphatic heterocycles. The molecule has 2 nitrogen and oxygen atoms in total. The molecule has 3 N–H and O–H groups in total. The summed E-state index contributed by atoms with van der Waals surface area (Å²) in [5, 5.41) is 9.79. The number of rotatable bonds is 0. The molecule has 2 atom stereocenters. The maximum Gasteiger partial charge on any atom is 0.126 e. The Morgan fingerprint density at radius 2 is 2.36 bits per heavy atom. The van der Waals surface area contributed by atoms with E-state index in [0.717, 1.165) is 19.3 Å². The highest BCUT2D eigenvalue weighted by Gasteiger charge is 2.30. The largest absolute Gasteiger partial charge is 0.378 e. The highest BCUT2D eigenvalue weighted by Crippen LogP contribution is 2.26. The number of aliphatic hydroxyl groups is 1. The number of hydrogen-bond acceptors (Lipinski definition) is 2. The Hall–Kier alpha value is -0.520. The first-order valence-electron chi connectivity index (χ1n) is 4.08. The third kappa shape index (κ3) is 2.21. The minimum absolute atomic E-state index is 0.134. The van der Waals surface area contributed by atoms with E-state index in [1.54, 1.807) is 6.92 Å². The van der Waals surface area contributed by atoms with Gasteiger partial charge in [0.2, 0.25) is 0 Å². The lowest BCUT2D eigenvalue weighted by Crippen LogP contribution is -2.40. The summed E-state index contributed by atoms with van der Waals surface area (Å²) in [5.74, 6) is 5.56. The molecular formula is C9H15NO. The first-order chi connectivity index (χ1) is 5.16. The summed E-state index contributed by atoms with van der Waals surface area (Å²) in [4.78, 5) is 0. The van der Waals surface area contributed by atoms with Crippen molar-refractivity contribution < 1.29 is 5.11 Å². The second-order valence-corrected chi connectivity index (χ2v) is 3.26. The zero-order valence-corrected chi connectivity index (χ0v) is 6.93. The molecule has 0 aromatic carbocycles. The lowest BCUT2D eigenvalue weighted by atomic mass is 9.83. The van der Waals surface area contributed by atoms with Crippen LogP contribution in [0.15, 0.2) is 0 Å². The fourth-order valence-electron chi connectivity index (χ4n) is 1.64. The van der Waals surface area contributed by atoms with Crippen molar-refractivity contribution >= 4 is 0 Å². The normalized spacial score (nSPS) is 37.5. The van der Waals surface area contributed by atoms with Crippen LogP contribution in [0.25, 0.3) is 0 Å². The van der Waals surface area contributed by atoms with E-state index in [1.165, 1.54) is 0 Å². The van der Waals surface area contributed by atoms with E-state index in [0.29, 0.717) is 6.42 Å². The zero-order chi connectivity index (χ0) is 8.32. The van der Waals surface area contributed by atoms with Gasteiger partial charge in [-0.3, -0.25) is 0 Å². The molecule has 2 unspecified atom stereocenters. The van der Waals surface area contributed by atoms with Gasteiger partial charge in [0, 0.05) is 12.5 Å². The molecule has 0 spiro atoms. The quantitative estimate of drug-likeness (QED) is 0.502. The predicted molar refractivity (Wildman–Crippen MR) is 44.8 cm³/mol. The van der Waals surface area contributed by atoms with Gasteiger partial charge >= 0.3 is 0 Å². The van der Waals surface area contributed by atoms with Gasteiger partial charge < -0.3 is 10.8 Å². The Morgan fingerprint density at radius 1 is 1.64 bits per heavy atom. The van der Waals surface area contributed by atoms with Crippen molar-refractivity contribution in [2.45, 2.75) is 44.2 Å². The van der Waals surface area contributed by atoms with Crippen molar-refractivity contribution in [3.63, 3.8) is 0 Å². The second kappa shape index (κ2) is 3.25. The van der Waals surface area contributed by atoms with Crippen LogP contribution < -0.4 is 5.73 Å². The van der Waals surface area contributed by atoms with Gasteiger partial charge in [0.05, 0.1) is 0 Å². The van der Waals surface area contributed by atoms with Crippen molar-refractivity contribution in [3.05, 3.63) is 0 Å². The molecule has 0 bridgehead atoms. The number of hydrogen-bond donors (Lipinski definition) is 2. The summed E-state index contributed by atoms with van der Waals surface area (Å²) < 4.78 is 0. The topological polar surface area (TPSA) is 46.2 Å². The molecule has 2 heteroatoms. The lowest BCUT2D eigenvalue weighted by Gasteiger charge is -2.30. The summed E-state index contributed by atoms with van der Waals surface area (Å²) >= 11 is 0. The molecule has 1 aliphatic rings. The first-order valence-corrected chi connectivity index (χ1v) is 4.08. The van der Waals surface area contributed by atoms with Gasteiger partial charge in [-0.15, -0.1) is 5.92 Å². The van der Waals surface area contributed by atoms with Gasteiger partial charge in [-0.25, -0.2) is 0 Å². The third-order valence-corrected chi connectivity index (χ3v) is 2.12. The number of nitrogens with two attached hydrogens (primary N) is 1. The van der Waals surface area contributed by atoms with Gasteiger partial charge in [-0.05, 0) is 26.2 Å². The van der Waals surface area contributed by atoms with E-state index in [2.05, 4.69) is 11.8 Å². The molecule has 1 aliphatic carbocycles. The summed E-state index contributed by atoms with van der Waals surface area (Å²) in [6, 6.07) is 0.134. The highest BCUT2D eigenvalue weighted by molar-refractivity contribution is 5.14. The Kier molecular flexibility index (Phi) is 2.53. The van der Waals surface area contributed by atoms with E-state index in [1.807, 2.05) is 0 Å². The molecule has 62 valence electrons. The molecule has 11 heavy (non-hydrogen) atoms. The first kappa shape index (κ1) is 8.58. The van der Waals surface area contributed by atoms with Gasteiger partial charge in [0.1, 0.15) is 5.60 Å². The average Bonchev–Trinajstić information content (AvgIpc) is 1.86. The van der Waals surface area contributed by atoms with Gasteiger partial charge in [0.25, 0.3) is 0 Å². The molecular weight excluding hydrogens is 138 g/mol. The zero-order valence-electron chi connectivity index (χ0n) is 6.93. The second-order valence-electron chi connectivity index (χ2n) is 3.26. The minimum Gasteiger partial charge on any atom is -0.378 e. The van der Waals surface area contributed by atoms with Gasteiger partial charge in [-0.2, -0.15) is 0 Å². The van der Waals surface area contributed by atoms with Crippen molar-refractivity contribution in [2.75, 3.05) is 0 Å². The standard InChI is InChI=1S/C9H15NO/c1-2-5-9(11)6-3-4-8(10)7-9/h8,11H,3-4,6-7,10H2,1H3. The Labute approximate surface area is 67.8 Å². The summed E-state index contributed by atoms with van der Waals surface area (Å²) in [7, 11) is 0. The van der Waals surface area contributed by atoms with Crippen molar-refractivity contribution in [2.24, 2.45) is 5.73 Å². The SMILES string of the molecule is CC#CC1(O)CCCC(N)C1. The van der Waals surface area contributed by atoms with E-state index in [9.17, 15) is 5.11 Å². The Morgan fingerprint density at radius 3 is 2.91 bits per heavy atom. The van der Waals surface area contributed by atoms with Crippen LogP contribution in [0, 0.1) is 11.8 Å². The monoisotopic (exact) mass is 153 g/mol. The van der Waals surface area contributed by atoms with Gasteiger partial charge in [0.15, 0.2) is 0 Å². The molecule has 1 fully saturated rings. The Balaban J connectivity index is 2.60. The molecule has 0 aromatic heterocycles. The van der Waals surface area contributed by atoms with Crippen molar-refractivity contribution in [1.82, 2.24) is 0 Å². The third-order valence-electron chi connectivity index (χ3n) is 2.12. The summed E-state index contributed by atoms with van der Waals surface area (Å²) in [6.07, 6.45) is 3.43. The van der Waals surface area contributed by atoms with Crippen LogP contribution >= 0.6 is 0 Å². The maximum atomic E-state index is 9.79. The molecule has 0 heterocycles. The molecule has 1 rings (SSSR count). The smallest absolute Gasteiger partial charge is 0.126 e. The molecule has 0 radical (unpaired) electrons. The summed E-state index contributed by atoms with van der Waals surface area (Å²) in [5.41, 5.74) is 4.93. The van der Waals surface area contributed by atoms with Crippen LogP contribution in [-0.2, 0) is 0 Å². The molecule has 0 aromatic rings. The van der Waals surface area contributed by atoms with Crippen LogP contribution in [0.1, 0.15) is 32.6 Å². The highest BCUT2D eigenvalue weighted by atomic mass is 16.3. The Bertz CT molecular complexity index is 191. The lowest BCUT2D eigenvalue weighted by molar-refractivity contribution is 0.0532. The fourth-order valence-corrected chi connectivity index (χ4v) is 1.64. The summed E-state index contributed by atoms with van der Waals surface area (Å²) in [6.45, 7) is 1.75. The van der Waals surface area contributed by atoms with Crippen LogP contribution in [0.5, 0.6) is 0 Å². The molecule has 1 saturated carbocycles. The molecule has 0 amide bonds. The van der Waals surface area contributed by atoms with Crippen molar-refractivity contribution in [3.8, 4) is 11.8 Å². The van der Waals surface area contributed by atoms with E-state index >= 15 is 0 Å². The fraction of sp³-hybridized carbons (Fsp3) is 0.778. The maximum absolute atomic E-state index is 9.79. The van der Waals surface area contributed by atoms with E-state index in [-0.39, 0.29) is 6.04 Å². The van der Waals surface area contributed by atoms with E-state index < -0.39 is 5.60 Å². The van der Waals surface area contributed by atoms with Crippen molar-refractivity contribution in [1.29, 1.82) is 0 Å². The average molecular weight is 153 g/mol. The van der Waals surface area contributed by atoms with Crippen LogP contribution in [0.2, 0.25) is 0 Å². The van der Waals surface area contributed by atoms with Gasteiger partial charge in [-0.1, -0.05) is 5.92 Å². The predicted octanol–water partition coefficient (Wildman–Crippen LogP) is 0.642. The molecule has 0 saturated heterocycles. The van der Waals surface area contributed by atoms with E-state index in [4.69, 9.17) is 5.73 Å². The van der Waals surface area contributed by atoms with Crippen LogP contribution in [-0.4, -0.2) is 16.7 Å².